The molecule has 0 radical (unpaired) electrons. The van der Waals surface area contributed by atoms with Gasteiger partial charge in [0.1, 0.15) is 5.82 Å². The first-order valence-corrected chi connectivity index (χ1v) is 6.60. The molecule has 1 rings (SSSR count). The lowest BCUT2D eigenvalue weighted by Gasteiger charge is -2.18. The molecule has 16 heavy (non-hydrogen) atoms. The van der Waals surface area contributed by atoms with Gasteiger partial charge in [-0.2, -0.15) is 0 Å². The van der Waals surface area contributed by atoms with Gasteiger partial charge >= 0.3 is 0 Å². The molecule has 0 aromatic heterocycles. The number of rotatable bonds is 5. The molecular formula is C13H20FNS. The lowest BCUT2D eigenvalue weighted by atomic mass is 10.1. The zero-order valence-corrected chi connectivity index (χ0v) is 11.2. The van der Waals surface area contributed by atoms with Crippen LogP contribution in [0.25, 0.3) is 0 Å². The Labute approximate surface area is 102 Å². The fourth-order valence-corrected chi connectivity index (χ4v) is 2.64. The standard InChI is InChI=1S/C13H20FNS/c1-5-9(2)16-12-8-6-7-11(14)13(12)10(3)15-4/h6-10,15H,5H2,1-4H3. The minimum absolute atomic E-state index is 0.0488. The Morgan fingerprint density at radius 2 is 2.06 bits per heavy atom. The van der Waals surface area contributed by atoms with Crippen molar-refractivity contribution in [2.45, 2.75) is 43.4 Å². The number of thioether (sulfide) groups is 1. The molecule has 2 unspecified atom stereocenters. The van der Waals surface area contributed by atoms with Crippen molar-refractivity contribution in [2.75, 3.05) is 7.05 Å². The van der Waals surface area contributed by atoms with Crippen molar-refractivity contribution in [3.63, 3.8) is 0 Å². The van der Waals surface area contributed by atoms with E-state index in [1.54, 1.807) is 17.8 Å². The summed E-state index contributed by atoms with van der Waals surface area (Å²) in [7, 11) is 1.86. The van der Waals surface area contributed by atoms with Gasteiger partial charge in [0.05, 0.1) is 0 Å². The number of benzene rings is 1. The van der Waals surface area contributed by atoms with Crippen molar-refractivity contribution in [3.8, 4) is 0 Å². The maximum atomic E-state index is 13.8. The van der Waals surface area contributed by atoms with Gasteiger partial charge in [-0.25, -0.2) is 4.39 Å². The van der Waals surface area contributed by atoms with Crippen molar-refractivity contribution in [1.29, 1.82) is 0 Å². The second-order valence-corrected chi connectivity index (χ2v) is 5.48. The van der Waals surface area contributed by atoms with Crippen LogP contribution in [0.1, 0.15) is 38.8 Å². The normalized spacial score (nSPS) is 14.8. The maximum Gasteiger partial charge on any atom is 0.129 e. The van der Waals surface area contributed by atoms with Crippen LogP contribution in [0.2, 0.25) is 0 Å². The van der Waals surface area contributed by atoms with Crippen LogP contribution in [0.4, 0.5) is 4.39 Å². The molecule has 0 amide bonds. The molecule has 2 atom stereocenters. The zero-order valence-electron chi connectivity index (χ0n) is 10.4. The molecule has 0 aliphatic carbocycles. The molecule has 1 aromatic carbocycles. The van der Waals surface area contributed by atoms with Crippen LogP contribution in [0.5, 0.6) is 0 Å². The van der Waals surface area contributed by atoms with Crippen LogP contribution >= 0.6 is 11.8 Å². The lowest BCUT2D eigenvalue weighted by Crippen LogP contribution is -2.15. The summed E-state index contributed by atoms with van der Waals surface area (Å²) in [6, 6.07) is 5.37. The van der Waals surface area contributed by atoms with Crippen LogP contribution in [0, 0.1) is 5.82 Å². The van der Waals surface area contributed by atoms with Gasteiger partial charge in [-0.3, -0.25) is 0 Å². The van der Waals surface area contributed by atoms with E-state index in [0.29, 0.717) is 5.25 Å². The molecule has 0 bridgehead atoms. The molecule has 1 aromatic rings. The second-order valence-electron chi connectivity index (χ2n) is 4.00. The van der Waals surface area contributed by atoms with Crippen molar-refractivity contribution >= 4 is 11.8 Å². The van der Waals surface area contributed by atoms with E-state index in [-0.39, 0.29) is 11.9 Å². The molecule has 0 heterocycles. The first kappa shape index (κ1) is 13.5. The Morgan fingerprint density at radius 1 is 1.38 bits per heavy atom. The summed E-state index contributed by atoms with van der Waals surface area (Å²) in [6.45, 7) is 6.31. The predicted molar refractivity (Wildman–Crippen MR) is 69.5 cm³/mol. The molecule has 90 valence electrons. The summed E-state index contributed by atoms with van der Waals surface area (Å²) in [6.07, 6.45) is 1.09. The van der Waals surface area contributed by atoms with Crippen LogP contribution < -0.4 is 5.32 Å². The van der Waals surface area contributed by atoms with E-state index in [2.05, 4.69) is 19.2 Å². The molecule has 0 saturated heterocycles. The highest BCUT2D eigenvalue weighted by molar-refractivity contribution is 8.00. The highest BCUT2D eigenvalue weighted by Crippen LogP contribution is 2.33. The SMILES string of the molecule is CCC(C)Sc1cccc(F)c1C(C)NC. The van der Waals surface area contributed by atoms with E-state index in [1.807, 2.05) is 20.0 Å². The summed E-state index contributed by atoms with van der Waals surface area (Å²) >= 11 is 1.75. The molecule has 0 saturated carbocycles. The third-order valence-corrected chi connectivity index (χ3v) is 4.13. The maximum absolute atomic E-state index is 13.8. The number of hydrogen-bond acceptors (Lipinski definition) is 2. The zero-order chi connectivity index (χ0) is 12.1. The van der Waals surface area contributed by atoms with Gasteiger partial charge in [0.2, 0.25) is 0 Å². The topological polar surface area (TPSA) is 12.0 Å². The van der Waals surface area contributed by atoms with E-state index in [9.17, 15) is 4.39 Å². The van der Waals surface area contributed by atoms with Crippen LogP contribution in [0.3, 0.4) is 0 Å². The first-order chi connectivity index (χ1) is 7.60. The van der Waals surface area contributed by atoms with Gasteiger partial charge in [0, 0.05) is 21.8 Å². The average molecular weight is 241 g/mol. The average Bonchev–Trinajstić information content (AvgIpc) is 2.28. The van der Waals surface area contributed by atoms with Gasteiger partial charge in [-0.05, 0) is 32.5 Å². The first-order valence-electron chi connectivity index (χ1n) is 5.72. The second kappa shape index (κ2) is 6.26. The summed E-state index contributed by atoms with van der Waals surface area (Å²) < 4.78 is 13.8. The van der Waals surface area contributed by atoms with Crippen LogP contribution in [-0.2, 0) is 0 Å². The summed E-state index contributed by atoms with van der Waals surface area (Å²) in [5, 5.41) is 3.62. The van der Waals surface area contributed by atoms with E-state index in [1.165, 1.54) is 6.07 Å². The van der Waals surface area contributed by atoms with Crippen molar-refractivity contribution < 1.29 is 4.39 Å². The molecule has 0 fully saturated rings. The Morgan fingerprint density at radius 3 is 2.62 bits per heavy atom. The minimum Gasteiger partial charge on any atom is -0.313 e. The highest BCUT2D eigenvalue weighted by atomic mass is 32.2. The third-order valence-electron chi connectivity index (χ3n) is 2.78. The molecule has 1 nitrogen and oxygen atoms in total. The summed E-state index contributed by atoms with van der Waals surface area (Å²) in [5.74, 6) is -0.116. The fraction of sp³-hybridized carbons (Fsp3) is 0.538. The monoisotopic (exact) mass is 241 g/mol. The van der Waals surface area contributed by atoms with E-state index >= 15 is 0 Å². The largest absolute Gasteiger partial charge is 0.313 e. The summed E-state index contributed by atoms with van der Waals surface area (Å²) in [5.41, 5.74) is 0.787. The van der Waals surface area contributed by atoms with E-state index < -0.39 is 0 Å². The number of hydrogen-bond donors (Lipinski definition) is 1. The number of nitrogens with one attached hydrogen (secondary N) is 1. The fourth-order valence-electron chi connectivity index (χ4n) is 1.48. The van der Waals surface area contributed by atoms with Gasteiger partial charge in [-0.1, -0.05) is 19.9 Å². The van der Waals surface area contributed by atoms with Crippen molar-refractivity contribution in [2.24, 2.45) is 0 Å². The lowest BCUT2D eigenvalue weighted by molar-refractivity contribution is 0.552. The van der Waals surface area contributed by atoms with E-state index in [4.69, 9.17) is 0 Å². The smallest absolute Gasteiger partial charge is 0.129 e. The molecule has 0 spiro atoms. The molecule has 0 aliphatic rings. The molecule has 0 aliphatic heterocycles. The van der Waals surface area contributed by atoms with Crippen molar-refractivity contribution in [1.82, 2.24) is 5.32 Å². The van der Waals surface area contributed by atoms with Gasteiger partial charge in [0.15, 0.2) is 0 Å². The van der Waals surface area contributed by atoms with Crippen LogP contribution in [-0.4, -0.2) is 12.3 Å². The van der Waals surface area contributed by atoms with Crippen molar-refractivity contribution in [3.05, 3.63) is 29.6 Å². The predicted octanol–water partition coefficient (Wildman–Crippen LogP) is 4.00. The summed E-state index contributed by atoms with van der Waals surface area (Å²) in [4.78, 5) is 1.05. The van der Waals surface area contributed by atoms with Gasteiger partial charge in [-0.15, -0.1) is 11.8 Å². The van der Waals surface area contributed by atoms with Crippen LogP contribution in [0.15, 0.2) is 23.1 Å². The van der Waals surface area contributed by atoms with Gasteiger partial charge in [0.25, 0.3) is 0 Å². The Kier molecular flexibility index (Phi) is 5.29. The van der Waals surface area contributed by atoms with E-state index in [0.717, 1.165) is 16.9 Å². The quantitative estimate of drug-likeness (QED) is 0.782. The third kappa shape index (κ3) is 3.22. The van der Waals surface area contributed by atoms with Gasteiger partial charge < -0.3 is 5.32 Å². The Balaban J connectivity index is 3.02. The Hall–Kier alpha value is -0.540. The minimum atomic E-state index is -0.116. The number of halogens is 1. The molecule has 1 N–H and O–H groups in total. The Bertz CT molecular complexity index is 341. The molecule has 3 heteroatoms. The highest BCUT2D eigenvalue weighted by Gasteiger charge is 2.15. The molecular weight excluding hydrogens is 221 g/mol.